The largest absolute Gasteiger partial charge is 0.464 e. The van der Waals surface area contributed by atoms with Gasteiger partial charge in [0.15, 0.2) is 5.60 Å². The number of esters is 1. The van der Waals surface area contributed by atoms with Gasteiger partial charge in [0.05, 0.1) is 6.61 Å². The highest BCUT2D eigenvalue weighted by Crippen LogP contribution is 2.30. The van der Waals surface area contributed by atoms with Crippen molar-refractivity contribution in [3.05, 3.63) is 0 Å². The third kappa shape index (κ3) is 7.37. The van der Waals surface area contributed by atoms with Crippen molar-refractivity contribution in [3.63, 3.8) is 0 Å². The van der Waals surface area contributed by atoms with Gasteiger partial charge in [0.1, 0.15) is 0 Å². The normalized spacial score (nSPS) is 14.5. The molecule has 0 aliphatic rings. The summed E-state index contributed by atoms with van der Waals surface area (Å²) in [7, 11) is 0. The molecular formula is C14H28O3. The molecule has 0 aromatic heterocycles. The fraction of sp³-hybridized carbons (Fsp3) is 0.929. The number of hydrogen-bond donors (Lipinski definition) is 1. The van der Waals surface area contributed by atoms with Gasteiger partial charge in [0.25, 0.3) is 0 Å². The van der Waals surface area contributed by atoms with E-state index in [4.69, 9.17) is 4.74 Å². The Morgan fingerprint density at radius 3 is 2.24 bits per heavy atom. The molecule has 0 rings (SSSR count). The minimum Gasteiger partial charge on any atom is -0.464 e. The van der Waals surface area contributed by atoms with E-state index in [1.165, 1.54) is 13.8 Å². The van der Waals surface area contributed by atoms with Gasteiger partial charge in [0, 0.05) is 0 Å². The van der Waals surface area contributed by atoms with Gasteiger partial charge >= 0.3 is 5.97 Å². The van der Waals surface area contributed by atoms with Gasteiger partial charge < -0.3 is 9.84 Å². The molecule has 3 heteroatoms. The molecule has 0 saturated heterocycles. The van der Waals surface area contributed by atoms with Crippen LogP contribution in [-0.4, -0.2) is 23.3 Å². The highest BCUT2D eigenvalue weighted by molar-refractivity contribution is 5.78. The van der Waals surface area contributed by atoms with Gasteiger partial charge in [-0.2, -0.15) is 0 Å². The second-order valence-electron chi connectivity index (χ2n) is 6.31. The first-order valence-corrected chi connectivity index (χ1v) is 6.48. The van der Waals surface area contributed by atoms with Gasteiger partial charge in [-0.25, -0.2) is 4.79 Å². The predicted octanol–water partition coefficient (Wildman–Crippen LogP) is 3.15. The Kier molecular flexibility index (Phi) is 6.17. The Hall–Kier alpha value is -0.570. The first-order chi connectivity index (χ1) is 7.58. The Morgan fingerprint density at radius 1 is 1.29 bits per heavy atom. The Bertz CT molecular complexity index is 238. The quantitative estimate of drug-likeness (QED) is 0.700. The van der Waals surface area contributed by atoms with Gasteiger partial charge in [-0.3, -0.25) is 0 Å². The van der Waals surface area contributed by atoms with Crippen LogP contribution in [0.25, 0.3) is 0 Å². The number of aliphatic hydroxyl groups is 1. The van der Waals surface area contributed by atoms with Crippen LogP contribution in [0.1, 0.15) is 60.8 Å². The maximum absolute atomic E-state index is 11.3. The van der Waals surface area contributed by atoms with Crippen molar-refractivity contribution in [2.24, 2.45) is 11.3 Å². The minimum atomic E-state index is -1.38. The molecule has 0 radical (unpaired) electrons. The Balaban J connectivity index is 3.87. The summed E-state index contributed by atoms with van der Waals surface area (Å²) in [4.78, 5) is 11.3. The van der Waals surface area contributed by atoms with E-state index in [1.807, 2.05) is 0 Å². The summed E-state index contributed by atoms with van der Waals surface area (Å²) in [5.41, 5.74) is -1.04. The molecule has 0 fully saturated rings. The average Bonchev–Trinajstić information content (AvgIpc) is 2.15. The molecular weight excluding hydrogens is 216 g/mol. The van der Waals surface area contributed by atoms with Crippen LogP contribution < -0.4 is 0 Å². The number of ether oxygens (including phenoxy) is 1. The third-order valence-corrected chi connectivity index (χ3v) is 3.20. The van der Waals surface area contributed by atoms with Crippen LogP contribution in [0, 0.1) is 11.3 Å². The number of hydrogen-bond acceptors (Lipinski definition) is 3. The smallest absolute Gasteiger partial charge is 0.337 e. The van der Waals surface area contributed by atoms with Crippen LogP contribution in [0.2, 0.25) is 0 Å². The van der Waals surface area contributed by atoms with Crippen molar-refractivity contribution in [3.8, 4) is 0 Å². The molecule has 17 heavy (non-hydrogen) atoms. The third-order valence-electron chi connectivity index (χ3n) is 3.20. The fourth-order valence-electron chi connectivity index (χ4n) is 1.72. The van der Waals surface area contributed by atoms with Crippen molar-refractivity contribution in [1.29, 1.82) is 0 Å². The maximum atomic E-state index is 11.3. The molecule has 0 aliphatic carbocycles. The lowest BCUT2D eigenvalue weighted by molar-refractivity contribution is -0.162. The van der Waals surface area contributed by atoms with Crippen molar-refractivity contribution >= 4 is 5.97 Å². The van der Waals surface area contributed by atoms with Crippen LogP contribution in [0.15, 0.2) is 0 Å². The summed E-state index contributed by atoms with van der Waals surface area (Å²) in [5.74, 6) is -0.0148. The second kappa shape index (κ2) is 6.39. The van der Waals surface area contributed by atoms with Crippen LogP contribution in [0.4, 0.5) is 0 Å². The highest BCUT2D eigenvalue weighted by Gasteiger charge is 2.26. The van der Waals surface area contributed by atoms with E-state index in [0.717, 1.165) is 19.3 Å². The number of rotatable bonds is 7. The van der Waals surface area contributed by atoms with Crippen molar-refractivity contribution < 1.29 is 14.6 Å². The SMILES string of the molecule is CCC(C)(C)CC(C)CCOC(=O)C(C)(C)O. The molecule has 1 atom stereocenters. The van der Waals surface area contributed by atoms with Gasteiger partial charge in [-0.05, 0) is 38.0 Å². The van der Waals surface area contributed by atoms with E-state index in [0.29, 0.717) is 17.9 Å². The molecule has 3 nitrogen and oxygen atoms in total. The second-order valence-corrected chi connectivity index (χ2v) is 6.31. The van der Waals surface area contributed by atoms with Crippen molar-refractivity contribution in [2.45, 2.75) is 66.4 Å². The predicted molar refractivity (Wildman–Crippen MR) is 69.7 cm³/mol. The van der Waals surface area contributed by atoms with Gasteiger partial charge in [-0.1, -0.05) is 34.1 Å². The summed E-state index contributed by atoms with van der Waals surface area (Å²) >= 11 is 0. The molecule has 0 aliphatic heterocycles. The molecule has 102 valence electrons. The number of carbonyl (C=O) groups is 1. The van der Waals surface area contributed by atoms with Crippen LogP contribution >= 0.6 is 0 Å². The van der Waals surface area contributed by atoms with Crippen molar-refractivity contribution in [2.75, 3.05) is 6.61 Å². The zero-order chi connectivity index (χ0) is 13.7. The lowest BCUT2D eigenvalue weighted by Crippen LogP contribution is -2.33. The topological polar surface area (TPSA) is 46.5 Å². The van der Waals surface area contributed by atoms with Gasteiger partial charge in [-0.15, -0.1) is 0 Å². The Morgan fingerprint density at radius 2 is 1.82 bits per heavy atom. The standard InChI is InChI=1S/C14H28O3/c1-7-13(3,4)10-11(2)8-9-17-12(15)14(5,6)16/h11,16H,7-10H2,1-6H3. The van der Waals surface area contributed by atoms with Crippen molar-refractivity contribution in [1.82, 2.24) is 0 Å². The minimum absolute atomic E-state index is 0.347. The molecule has 0 heterocycles. The highest BCUT2D eigenvalue weighted by atomic mass is 16.5. The fourth-order valence-corrected chi connectivity index (χ4v) is 1.72. The van der Waals surface area contributed by atoms with E-state index in [-0.39, 0.29) is 0 Å². The summed E-state index contributed by atoms with van der Waals surface area (Å²) < 4.78 is 5.04. The lowest BCUT2D eigenvalue weighted by Gasteiger charge is -2.26. The molecule has 0 aromatic rings. The van der Waals surface area contributed by atoms with E-state index in [9.17, 15) is 9.90 Å². The lowest BCUT2D eigenvalue weighted by atomic mass is 9.80. The maximum Gasteiger partial charge on any atom is 0.337 e. The molecule has 0 saturated carbocycles. The zero-order valence-electron chi connectivity index (χ0n) is 12.2. The van der Waals surface area contributed by atoms with E-state index in [1.54, 1.807) is 0 Å². The Labute approximate surface area is 106 Å². The van der Waals surface area contributed by atoms with Crippen LogP contribution in [0.5, 0.6) is 0 Å². The van der Waals surface area contributed by atoms with Crippen LogP contribution in [0.3, 0.4) is 0 Å². The number of carbonyl (C=O) groups excluding carboxylic acids is 1. The van der Waals surface area contributed by atoms with Gasteiger partial charge in [0.2, 0.25) is 0 Å². The summed E-state index contributed by atoms with van der Waals surface area (Å²) in [6.45, 7) is 12.2. The monoisotopic (exact) mass is 244 g/mol. The summed E-state index contributed by atoms with van der Waals surface area (Å²) in [6.07, 6.45) is 3.13. The van der Waals surface area contributed by atoms with E-state index < -0.39 is 11.6 Å². The van der Waals surface area contributed by atoms with E-state index >= 15 is 0 Å². The van der Waals surface area contributed by atoms with E-state index in [2.05, 4.69) is 27.7 Å². The average molecular weight is 244 g/mol. The molecule has 1 unspecified atom stereocenters. The summed E-state index contributed by atoms with van der Waals surface area (Å²) in [5, 5.41) is 9.40. The first-order valence-electron chi connectivity index (χ1n) is 6.48. The first kappa shape index (κ1) is 16.4. The molecule has 0 aromatic carbocycles. The summed E-state index contributed by atoms with van der Waals surface area (Å²) in [6, 6.07) is 0. The molecule has 1 N–H and O–H groups in total. The zero-order valence-corrected chi connectivity index (χ0v) is 12.2. The molecule has 0 amide bonds. The molecule has 0 spiro atoms. The molecule has 0 bridgehead atoms. The van der Waals surface area contributed by atoms with Crippen LogP contribution in [-0.2, 0) is 9.53 Å².